The topological polar surface area (TPSA) is 63.6 Å². The summed E-state index contributed by atoms with van der Waals surface area (Å²) in [6, 6.07) is 0.316. The summed E-state index contributed by atoms with van der Waals surface area (Å²) in [5, 5.41) is 0. The molecule has 0 atom stereocenters. The summed E-state index contributed by atoms with van der Waals surface area (Å²) in [4.78, 5) is 23.1. The molecule has 0 saturated heterocycles. The number of hydrogen-bond acceptors (Lipinski definition) is 3. The van der Waals surface area contributed by atoms with Crippen molar-refractivity contribution in [1.29, 1.82) is 0 Å². The molecule has 2 heterocycles. The average Bonchev–Trinajstić information content (AvgIpc) is 3.02. The molecule has 1 saturated carbocycles. The van der Waals surface area contributed by atoms with E-state index in [1.165, 1.54) is 0 Å². The lowest BCUT2D eigenvalue weighted by Crippen LogP contribution is -2.15. The van der Waals surface area contributed by atoms with Gasteiger partial charge in [0.1, 0.15) is 0 Å². The third kappa shape index (κ3) is 1.36. The van der Waals surface area contributed by atoms with Crippen LogP contribution in [0.5, 0.6) is 0 Å². The Bertz CT molecular complexity index is 618. The normalized spacial score (nSPS) is 16.3. The highest BCUT2D eigenvalue weighted by Crippen LogP contribution is 2.34. The van der Waals surface area contributed by atoms with Gasteiger partial charge in [-0.25, -0.2) is 14.8 Å². The van der Waals surface area contributed by atoms with Crippen LogP contribution < -0.4 is 5.69 Å². The van der Waals surface area contributed by atoms with Gasteiger partial charge in [0, 0.05) is 6.04 Å². The number of imidazole rings is 1. The molecule has 0 bridgehead atoms. The van der Waals surface area contributed by atoms with Gasteiger partial charge in [0.15, 0.2) is 11.3 Å². The van der Waals surface area contributed by atoms with Crippen molar-refractivity contribution < 1.29 is 0 Å². The van der Waals surface area contributed by atoms with Gasteiger partial charge in [-0.05, 0) is 25.8 Å². The van der Waals surface area contributed by atoms with Crippen LogP contribution in [0.4, 0.5) is 0 Å². The van der Waals surface area contributed by atoms with Crippen molar-refractivity contribution in [2.45, 2.75) is 25.8 Å². The zero-order chi connectivity index (χ0) is 11.1. The van der Waals surface area contributed by atoms with Crippen molar-refractivity contribution in [1.82, 2.24) is 19.5 Å². The monoisotopic (exact) mass is 216 g/mol. The summed E-state index contributed by atoms with van der Waals surface area (Å²) in [7, 11) is 0. The fourth-order valence-corrected chi connectivity index (χ4v) is 1.83. The minimum atomic E-state index is -0.102. The van der Waals surface area contributed by atoms with Crippen LogP contribution in [0.15, 0.2) is 17.1 Å². The molecular weight excluding hydrogens is 204 g/mol. The van der Waals surface area contributed by atoms with Crippen molar-refractivity contribution in [3.63, 3.8) is 0 Å². The van der Waals surface area contributed by atoms with Crippen LogP contribution in [0.1, 0.15) is 31.5 Å². The Balaban J connectivity index is 2.27. The van der Waals surface area contributed by atoms with Gasteiger partial charge >= 0.3 is 5.69 Å². The maximum atomic E-state index is 11.7. The van der Waals surface area contributed by atoms with Gasteiger partial charge in [0.2, 0.25) is 0 Å². The number of fused-ring (bicyclic) bond motifs is 1. The highest BCUT2D eigenvalue weighted by atomic mass is 16.1. The molecule has 1 N–H and O–H groups in total. The molecule has 0 spiro atoms. The van der Waals surface area contributed by atoms with Gasteiger partial charge in [-0.1, -0.05) is 6.08 Å². The van der Waals surface area contributed by atoms with Gasteiger partial charge in [0.25, 0.3) is 0 Å². The van der Waals surface area contributed by atoms with Crippen LogP contribution in [0.2, 0.25) is 0 Å². The first-order valence-corrected chi connectivity index (χ1v) is 5.39. The Morgan fingerprint density at radius 3 is 3.06 bits per heavy atom. The minimum absolute atomic E-state index is 0.102. The summed E-state index contributed by atoms with van der Waals surface area (Å²) in [5.74, 6) is 0. The molecule has 0 radical (unpaired) electrons. The second-order valence-corrected chi connectivity index (χ2v) is 4.00. The molecule has 1 aliphatic rings. The summed E-state index contributed by atoms with van der Waals surface area (Å²) in [5.41, 5.74) is 1.92. The van der Waals surface area contributed by atoms with E-state index in [9.17, 15) is 4.79 Å². The van der Waals surface area contributed by atoms with Crippen LogP contribution in [0.25, 0.3) is 17.4 Å². The van der Waals surface area contributed by atoms with E-state index in [4.69, 9.17) is 0 Å². The number of hydrogen-bond donors (Lipinski definition) is 1. The Kier molecular flexibility index (Phi) is 1.92. The van der Waals surface area contributed by atoms with E-state index >= 15 is 0 Å². The van der Waals surface area contributed by atoms with Crippen LogP contribution in [0.3, 0.4) is 0 Å². The third-order valence-corrected chi connectivity index (χ3v) is 2.69. The number of H-pyrrole nitrogens is 1. The van der Waals surface area contributed by atoms with Crippen LogP contribution >= 0.6 is 0 Å². The number of rotatable bonds is 2. The van der Waals surface area contributed by atoms with Gasteiger partial charge in [-0.15, -0.1) is 0 Å². The quantitative estimate of drug-likeness (QED) is 0.827. The second kappa shape index (κ2) is 3.30. The van der Waals surface area contributed by atoms with Crippen molar-refractivity contribution >= 4 is 17.4 Å². The molecule has 0 aliphatic heterocycles. The van der Waals surface area contributed by atoms with E-state index in [1.807, 2.05) is 19.1 Å². The molecule has 5 heteroatoms. The maximum Gasteiger partial charge on any atom is 0.329 e. The van der Waals surface area contributed by atoms with E-state index in [2.05, 4.69) is 15.0 Å². The summed E-state index contributed by atoms with van der Waals surface area (Å²) < 4.78 is 1.72. The summed E-state index contributed by atoms with van der Waals surface area (Å²) in [6.07, 6.45) is 7.56. The highest BCUT2D eigenvalue weighted by molar-refractivity contribution is 5.67. The minimum Gasteiger partial charge on any atom is -0.289 e. The molecule has 1 aliphatic carbocycles. The fourth-order valence-electron chi connectivity index (χ4n) is 1.83. The van der Waals surface area contributed by atoms with E-state index < -0.39 is 0 Å². The van der Waals surface area contributed by atoms with Gasteiger partial charge in [-0.3, -0.25) is 9.55 Å². The first-order chi connectivity index (χ1) is 7.79. The lowest BCUT2D eigenvalue weighted by atomic mass is 10.4. The van der Waals surface area contributed by atoms with Gasteiger partial charge in [-0.2, -0.15) is 0 Å². The SMILES string of the molecule is C/C=C\c1cnc2[nH]c(=O)n(C3CC3)c2n1. The molecule has 82 valence electrons. The average molecular weight is 216 g/mol. The Morgan fingerprint density at radius 2 is 2.38 bits per heavy atom. The Morgan fingerprint density at radius 1 is 1.56 bits per heavy atom. The zero-order valence-corrected chi connectivity index (χ0v) is 8.97. The fraction of sp³-hybridized carbons (Fsp3) is 0.364. The van der Waals surface area contributed by atoms with Crippen molar-refractivity contribution in [2.75, 3.05) is 0 Å². The summed E-state index contributed by atoms with van der Waals surface area (Å²) in [6.45, 7) is 1.93. The van der Waals surface area contributed by atoms with Crippen LogP contribution in [0, 0.1) is 0 Å². The predicted octanol–water partition coefficient (Wildman–Crippen LogP) is 1.49. The first-order valence-electron chi connectivity index (χ1n) is 5.39. The number of aromatic nitrogens is 4. The molecule has 3 rings (SSSR count). The standard InChI is InChI=1S/C11H12N4O/c1-2-3-7-6-12-9-10(13-7)15(8-4-5-8)11(16)14-9/h2-3,6,8H,4-5H2,1H3,(H,12,14,16)/b3-2-. The number of nitrogens with one attached hydrogen (secondary N) is 1. The molecule has 0 unspecified atom stereocenters. The lowest BCUT2D eigenvalue weighted by Gasteiger charge is -1.98. The van der Waals surface area contributed by atoms with E-state index in [0.29, 0.717) is 17.3 Å². The Labute approximate surface area is 91.8 Å². The molecule has 1 fully saturated rings. The van der Waals surface area contributed by atoms with Gasteiger partial charge < -0.3 is 0 Å². The molecule has 5 nitrogen and oxygen atoms in total. The molecule has 2 aromatic rings. The van der Waals surface area contributed by atoms with Crippen molar-refractivity contribution in [3.8, 4) is 0 Å². The second-order valence-electron chi connectivity index (χ2n) is 4.00. The molecule has 16 heavy (non-hydrogen) atoms. The largest absolute Gasteiger partial charge is 0.329 e. The third-order valence-electron chi connectivity index (χ3n) is 2.69. The van der Waals surface area contributed by atoms with E-state index in [1.54, 1.807) is 10.8 Å². The van der Waals surface area contributed by atoms with Crippen molar-refractivity contribution in [3.05, 3.63) is 28.5 Å². The van der Waals surface area contributed by atoms with Crippen molar-refractivity contribution in [2.24, 2.45) is 0 Å². The molecule has 0 amide bonds. The van der Waals surface area contributed by atoms with Crippen LogP contribution in [-0.2, 0) is 0 Å². The highest BCUT2D eigenvalue weighted by Gasteiger charge is 2.28. The van der Waals surface area contributed by atoms with E-state index in [0.717, 1.165) is 18.5 Å². The maximum absolute atomic E-state index is 11.7. The molecular formula is C11H12N4O. The Hall–Kier alpha value is -1.91. The van der Waals surface area contributed by atoms with E-state index in [-0.39, 0.29) is 5.69 Å². The number of aromatic amines is 1. The smallest absolute Gasteiger partial charge is 0.289 e. The molecule has 0 aromatic carbocycles. The van der Waals surface area contributed by atoms with Gasteiger partial charge in [0.05, 0.1) is 11.9 Å². The van der Waals surface area contributed by atoms with Crippen LogP contribution in [-0.4, -0.2) is 19.5 Å². The first kappa shape index (κ1) is 9.33. The molecule has 2 aromatic heterocycles. The number of nitrogens with zero attached hydrogens (tertiary/aromatic N) is 3. The summed E-state index contributed by atoms with van der Waals surface area (Å²) >= 11 is 0. The predicted molar refractivity (Wildman–Crippen MR) is 61.1 cm³/mol. The number of allylic oxidation sites excluding steroid dienone is 1. The lowest BCUT2D eigenvalue weighted by molar-refractivity contribution is 0.725. The zero-order valence-electron chi connectivity index (χ0n) is 8.97.